The van der Waals surface area contributed by atoms with Crippen molar-refractivity contribution in [2.75, 3.05) is 13.1 Å². The van der Waals surface area contributed by atoms with E-state index in [1.54, 1.807) is 6.07 Å². The minimum Gasteiger partial charge on any atom is -0.481 e. The van der Waals surface area contributed by atoms with Crippen LogP contribution in [-0.4, -0.2) is 39.0 Å². The van der Waals surface area contributed by atoms with Crippen molar-refractivity contribution in [3.63, 3.8) is 0 Å². The zero-order chi connectivity index (χ0) is 21.2. The van der Waals surface area contributed by atoms with Gasteiger partial charge in [0.15, 0.2) is 0 Å². The molecule has 5 nitrogen and oxygen atoms in total. The first-order chi connectivity index (χ1) is 15.0. The summed E-state index contributed by atoms with van der Waals surface area (Å²) in [7, 11) is 0. The number of fused-ring (bicyclic) bond motifs is 1. The molecule has 7 heteroatoms. The van der Waals surface area contributed by atoms with Crippen molar-refractivity contribution in [1.29, 1.82) is 0 Å². The quantitative estimate of drug-likeness (QED) is 0.572. The molecular weight excluding hydrogens is 413 g/mol. The fraction of sp³-hybridized carbons (Fsp3) is 0.375. The molecule has 158 valence electrons. The summed E-state index contributed by atoms with van der Waals surface area (Å²) in [4.78, 5) is 23.3. The summed E-state index contributed by atoms with van der Waals surface area (Å²) in [6.45, 7) is 1.59. The van der Waals surface area contributed by atoms with E-state index in [-0.39, 0.29) is 17.2 Å². The van der Waals surface area contributed by atoms with Crippen LogP contribution in [0, 0.1) is 17.7 Å². The Morgan fingerprint density at radius 3 is 2.65 bits per heavy atom. The van der Waals surface area contributed by atoms with Gasteiger partial charge < -0.3 is 5.11 Å². The molecule has 2 aliphatic carbocycles. The predicted molar refractivity (Wildman–Crippen MR) is 117 cm³/mol. The highest BCUT2D eigenvalue weighted by Gasteiger charge is 2.47. The molecule has 0 radical (unpaired) electrons. The van der Waals surface area contributed by atoms with Gasteiger partial charge in [0.2, 0.25) is 0 Å². The van der Waals surface area contributed by atoms with Crippen LogP contribution in [0.25, 0.3) is 20.9 Å². The second-order valence-electron chi connectivity index (χ2n) is 8.98. The number of halogens is 1. The predicted octanol–water partition coefficient (Wildman–Crippen LogP) is 4.62. The molecule has 1 aliphatic heterocycles. The number of allylic oxidation sites excluding steroid dienone is 2. The van der Waals surface area contributed by atoms with Crippen LogP contribution < -0.4 is 0 Å². The number of likely N-dealkylation sites (tertiary alicyclic amines) is 1. The van der Waals surface area contributed by atoms with Gasteiger partial charge in [0.1, 0.15) is 21.2 Å². The Labute approximate surface area is 183 Å². The number of pyridine rings is 1. The summed E-state index contributed by atoms with van der Waals surface area (Å²) < 4.78 is 14.9. The van der Waals surface area contributed by atoms with Gasteiger partial charge >= 0.3 is 5.97 Å². The van der Waals surface area contributed by atoms with E-state index in [0.29, 0.717) is 36.1 Å². The number of rotatable bonds is 6. The SMILES string of the molecule is O=C(O)C1CN(Cc2ccc(-c3nc4ccc(C5(C6CCC6)C=C5)nc4s3)c(F)c2)C1. The third-order valence-electron chi connectivity index (χ3n) is 6.98. The normalized spacial score (nSPS) is 20.5. The van der Waals surface area contributed by atoms with Gasteiger partial charge in [0.25, 0.3) is 0 Å². The van der Waals surface area contributed by atoms with Crippen molar-refractivity contribution in [3.8, 4) is 10.6 Å². The first-order valence-corrected chi connectivity index (χ1v) is 11.6. The topological polar surface area (TPSA) is 66.3 Å². The number of aromatic nitrogens is 2. The number of aliphatic carboxylic acids is 1. The summed E-state index contributed by atoms with van der Waals surface area (Å²) in [6.07, 6.45) is 8.34. The highest BCUT2D eigenvalue weighted by molar-refractivity contribution is 7.21. The second kappa shape index (κ2) is 6.93. The number of carbonyl (C=O) groups is 1. The molecule has 3 heterocycles. The van der Waals surface area contributed by atoms with Crippen molar-refractivity contribution in [1.82, 2.24) is 14.9 Å². The van der Waals surface area contributed by atoms with Crippen LogP contribution >= 0.6 is 11.3 Å². The minimum atomic E-state index is -0.763. The monoisotopic (exact) mass is 435 g/mol. The Morgan fingerprint density at radius 1 is 1.19 bits per heavy atom. The van der Waals surface area contributed by atoms with Gasteiger partial charge in [0, 0.05) is 25.2 Å². The largest absolute Gasteiger partial charge is 0.481 e. The molecule has 1 saturated heterocycles. The summed E-state index contributed by atoms with van der Waals surface area (Å²) in [5.41, 5.74) is 3.26. The third-order valence-corrected chi connectivity index (χ3v) is 7.98. The first-order valence-electron chi connectivity index (χ1n) is 10.7. The van der Waals surface area contributed by atoms with Crippen molar-refractivity contribution in [3.05, 3.63) is 59.6 Å². The maximum atomic E-state index is 14.9. The van der Waals surface area contributed by atoms with Crippen LogP contribution in [0.2, 0.25) is 0 Å². The van der Waals surface area contributed by atoms with E-state index in [9.17, 15) is 9.18 Å². The van der Waals surface area contributed by atoms with E-state index in [1.165, 1.54) is 36.7 Å². The summed E-state index contributed by atoms with van der Waals surface area (Å²) in [6, 6.07) is 9.29. The number of hydrogen-bond donors (Lipinski definition) is 1. The molecule has 31 heavy (non-hydrogen) atoms. The van der Waals surface area contributed by atoms with Crippen LogP contribution in [0.5, 0.6) is 0 Å². The molecule has 0 amide bonds. The molecule has 3 aromatic rings. The van der Waals surface area contributed by atoms with Gasteiger partial charge in [-0.1, -0.05) is 36.0 Å². The summed E-state index contributed by atoms with van der Waals surface area (Å²) >= 11 is 1.43. The Kier molecular flexibility index (Phi) is 4.27. The maximum Gasteiger partial charge on any atom is 0.309 e. The Balaban J connectivity index is 1.23. The molecule has 0 bridgehead atoms. The number of nitrogens with zero attached hydrogens (tertiary/aromatic N) is 3. The molecule has 1 N–H and O–H groups in total. The van der Waals surface area contributed by atoms with E-state index >= 15 is 0 Å². The average Bonchev–Trinajstić information content (AvgIpc) is 3.33. The molecule has 0 unspecified atom stereocenters. The van der Waals surface area contributed by atoms with Crippen LogP contribution in [0.15, 0.2) is 42.5 Å². The molecule has 0 spiro atoms. The minimum absolute atomic E-state index is 0.0417. The lowest BCUT2D eigenvalue weighted by Gasteiger charge is -2.36. The number of carboxylic acid groups (broad SMARTS) is 1. The van der Waals surface area contributed by atoms with Crippen LogP contribution in [-0.2, 0) is 16.8 Å². The van der Waals surface area contributed by atoms with Crippen molar-refractivity contribution < 1.29 is 14.3 Å². The molecule has 0 atom stereocenters. The Bertz CT molecular complexity index is 1220. The first kappa shape index (κ1) is 19.1. The second-order valence-corrected chi connectivity index (χ2v) is 9.95. The van der Waals surface area contributed by atoms with Crippen molar-refractivity contribution >= 4 is 27.7 Å². The van der Waals surface area contributed by atoms with E-state index in [4.69, 9.17) is 10.1 Å². The standard InChI is InChI=1S/C24H22FN3O2S/c25-18-10-14(11-28-12-15(13-28)23(29)30)4-5-17(18)21-26-19-6-7-20(27-22(19)31-21)24(8-9-24)16-2-1-3-16/h4-10,15-16H,1-3,11-13H2,(H,29,30). The van der Waals surface area contributed by atoms with Gasteiger partial charge in [0.05, 0.1) is 17.0 Å². The highest BCUT2D eigenvalue weighted by Crippen LogP contribution is 2.53. The molecule has 3 aliphatic rings. The lowest BCUT2D eigenvalue weighted by molar-refractivity contribution is -0.147. The number of carboxylic acids is 1. The molecule has 6 rings (SSSR count). The number of benzene rings is 1. The Morgan fingerprint density at radius 2 is 2.00 bits per heavy atom. The maximum absolute atomic E-state index is 14.9. The summed E-state index contributed by atoms with van der Waals surface area (Å²) in [5.74, 6) is -0.700. The van der Waals surface area contributed by atoms with E-state index < -0.39 is 5.97 Å². The molecule has 1 saturated carbocycles. The highest BCUT2D eigenvalue weighted by atomic mass is 32.1. The smallest absolute Gasteiger partial charge is 0.309 e. The van der Waals surface area contributed by atoms with Crippen LogP contribution in [0.3, 0.4) is 0 Å². The molecule has 1 aromatic carbocycles. The van der Waals surface area contributed by atoms with Crippen LogP contribution in [0.1, 0.15) is 30.5 Å². The number of thiazole rings is 1. The van der Waals surface area contributed by atoms with Gasteiger partial charge in [-0.15, -0.1) is 0 Å². The van der Waals surface area contributed by atoms with Crippen molar-refractivity contribution in [2.24, 2.45) is 11.8 Å². The van der Waals surface area contributed by atoms with E-state index in [2.05, 4.69) is 23.2 Å². The fourth-order valence-electron chi connectivity index (χ4n) is 4.74. The van der Waals surface area contributed by atoms with Gasteiger partial charge in [-0.3, -0.25) is 9.69 Å². The summed E-state index contributed by atoms with van der Waals surface area (Å²) in [5, 5.41) is 9.63. The van der Waals surface area contributed by atoms with Crippen LogP contribution in [0.4, 0.5) is 4.39 Å². The van der Waals surface area contributed by atoms with E-state index in [1.807, 2.05) is 17.0 Å². The lowest BCUT2D eigenvalue weighted by atomic mass is 9.70. The lowest BCUT2D eigenvalue weighted by Crippen LogP contribution is -2.49. The zero-order valence-electron chi connectivity index (χ0n) is 16.9. The van der Waals surface area contributed by atoms with Crippen molar-refractivity contribution in [2.45, 2.75) is 31.2 Å². The van der Waals surface area contributed by atoms with Gasteiger partial charge in [-0.05, 0) is 48.6 Å². The van der Waals surface area contributed by atoms with Gasteiger partial charge in [-0.25, -0.2) is 14.4 Å². The van der Waals surface area contributed by atoms with E-state index in [0.717, 1.165) is 21.6 Å². The fourth-order valence-corrected chi connectivity index (χ4v) is 5.71. The zero-order valence-corrected chi connectivity index (χ0v) is 17.7. The van der Waals surface area contributed by atoms with Gasteiger partial charge in [-0.2, -0.15) is 0 Å². The molecule has 2 aromatic heterocycles. The molecule has 2 fully saturated rings. The molecular formula is C24H22FN3O2S. The average molecular weight is 436 g/mol. The Hall–Kier alpha value is -2.64. The third kappa shape index (κ3) is 3.18. The number of hydrogen-bond acceptors (Lipinski definition) is 5.